The molecule has 0 unspecified atom stereocenters. The lowest BCUT2D eigenvalue weighted by Gasteiger charge is -2.43. The maximum Gasteiger partial charge on any atom is 0.416 e. The third kappa shape index (κ3) is 5.64. The molecular weight excluding hydrogens is 475 g/mol. The third-order valence-corrected chi connectivity index (χ3v) is 8.13. The zero-order valence-corrected chi connectivity index (χ0v) is 21.0. The number of phenols is 1. The molecule has 3 nitrogen and oxygen atoms in total. The van der Waals surface area contributed by atoms with Gasteiger partial charge in [-0.1, -0.05) is 61.4 Å². The average molecular weight is 510 g/mol. The quantitative estimate of drug-likeness (QED) is 0.311. The summed E-state index contributed by atoms with van der Waals surface area (Å²) in [5.41, 5.74) is 2.07. The van der Waals surface area contributed by atoms with Crippen LogP contribution in [0.15, 0.2) is 72.8 Å². The van der Waals surface area contributed by atoms with Gasteiger partial charge >= 0.3 is 6.18 Å². The highest BCUT2D eigenvalue weighted by Crippen LogP contribution is 2.51. The van der Waals surface area contributed by atoms with Crippen molar-refractivity contribution in [2.24, 2.45) is 0 Å². The van der Waals surface area contributed by atoms with Crippen LogP contribution in [0.3, 0.4) is 0 Å². The predicted octanol–water partition coefficient (Wildman–Crippen LogP) is 7.16. The minimum Gasteiger partial charge on any atom is -0.508 e. The van der Waals surface area contributed by atoms with Gasteiger partial charge < -0.3 is 9.84 Å². The van der Waals surface area contributed by atoms with E-state index >= 15 is 0 Å². The summed E-state index contributed by atoms with van der Waals surface area (Å²) < 4.78 is 46.7. The van der Waals surface area contributed by atoms with Crippen molar-refractivity contribution in [1.82, 2.24) is 4.90 Å². The van der Waals surface area contributed by atoms with Gasteiger partial charge in [0.05, 0.1) is 5.56 Å². The van der Waals surface area contributed by atoms with Gasteiger partial charge in [0.2, 0.25) is 0 Å². The fourth-order valence-corrected chi connectivity index (χ4v) is 6.15. The third-order valence-electron chi connectivity index (χ3n) is 8.13. The highest BCUT2D eigenvalue weighted by atomic mass is 19.4. The zero-order valence-electron chi connectivity index (χ0n) is 21.0. The van der Waals surface area contributed by atoms with Crippen molar-refractivity contribution in [1.29, 1.82) is 0 Å². The van der Waals surface area contributed by atoms with Gasteiger partial charge in [0.1, 0.15) is 17.6 Å². The molecule has 3 aromatic carbocycles. The number of ether oxygens (including phenoxy) is 1. The molecular formula is C31H34F3NO2. The number of aromatic hydroxyl groups is 1. The van der Waals surface area contributed by atoms with E-state index in [4.69, 9.17) is 4.74 Å². The molecule has 2 aliphatic rings. The van der Waals surface area contributed by atoms with E-state index in [1.54, 1.807) is 18.2 Å². The molecule has 0 aromatic heterocycles. The Morgan fingerprint density at radius 3 is 2.51 bits per heavy atom. The lowest BCUT2D eigenvalue weighted by atomic mass is 9.68. The van der Waals surface area contributed by atoms with Crippen LogP contribution in [0.1, 0.15) is 54.4 Å². The molecule has 2 atom stereocenters. The first-order valence-corrected chi connectivity index (χ1v) is 13.3. The minimum absolute atomic E-state index is 0.0648. The standard InChI is InChI=1S/C31H34F3NO2/c32-31(33,34)26-13-7-6-12-24(26)16-19-35-20-18-30(17-8-2-5-11-23-9-3-1-4-10-23)27-21-25(36)14-15-28(27)37-29(30)22-35/h1,3-4,6-7,9-10,12-15,21,29,36H,2,5,8,11,16-20,22H2/t29-,30-/m0/s1. The smallest absolute Gasteiger partial charge is 0.416 e. The van der Waals surface area contributed by atoms with Crippen molar-refractivity contribution in [2.75, 3.05) is 19.6 Å². The molecule has 6 heteroatoms. The summed E-state index contributed by atoms with van der Waals surface area (Å²) in [7, 11) is 0. The molecule has 0 amide bonds. The fourth-order valence-electron chi connectivity index (χ4n) is 6.15. The van der Waals surface area contributed by atoms with E-state index in [0.29, 0.717) is 25.1 Å². The minimum atomic E-state index is -4.34. The molecule has 0 aliphatic carbocycles. The predicted molar refractivity (Wildman–Crippen MR) is 139 cm³/mol. The number of nitrogens with zero attached hydrogens (tertiary/aromatic N) is 1. The van der Waals surface area contributed by atoms with E-state index in [0.717, 1.165) is 62.4 Å². The number of hydrogen-bond donors (Lipinski definition) is 1. The number of rotatable bonds is 9. The van der Waals surface area contributed by atoms with Gasteiger partial charge in [-0.15, -0.1) is 0 Å². The van der Waals surface area contributed by atoms with Crippen LogP contribution >= 0.6 is 0 Å². The summed E-state index contributed by atoms with van der Waals surface area (Å²) in [4.78, 5) is 2.23. The maximum atomic E-state index is 13.4. The highest BCUT2D eigenvalue weighted by Gasteiger charge is 2.51. The van der Waals surface area contributed by atoms with E-state index in [9.17, 15) is 18.3 Å². The summed E-state index contributed by atoms with van der Waals surface area (Å²) in [6, 6.07) is 21.8. The Labute approximate surface area is 216 Å². The summed E-state index contributed by atoms with van der Waals surface area (Å²) in [5, 5.41) is 10.2. The van der Waals surface area contributed by atoms with E-state index in [1.165, 1.54) is 11.6 Å². The normalized spacial score (nSPS) is 21.3. The molecule has 3 aromatic rings. The van der Waals surface area contributed by atoms with Gasteiger partial charge in [-0.3, -0.25) is 4.90 Å². The number of halogens is 3. The maximum absolute atomic E-state index is 13.4. The molecule has 0 radical (unpaired) electrons. The summed E-state index contributed by atoms with van der Waals surface area (Å²) in [6.07, 6.45) is 2.18. The largest absolute Gasteiger partial charge is 0.508 e. The SMILES string of the molecule is Oc1ccc2c(c1)[C@]1(CCCCCc3ccccc3)CCN(CCc3ccccc3C(F)(F)F)C[C@@H]1O2. The number of fused-ring (bicyclic) bond motifs is 3. The number of aryl methyl sites for hydroxylation is 1. The first-order valence-electron chi connectivity index (χ1n) is 13.3. The molecule has 2 aliphatic heterocycles. The van der Waals surface area contributed by atoms with Crippen LogP contribution in [0.2, 0.25) is 0 Å². The van der Waals surface area contributed by atoms with Crippen LogP contribution in [0, 0.1) is 0 Å². The number of phenolic OH excluding ortho intramolecular Hbond substituents is 1. The summed E-state index contributed by atoms with van der Waals surface area (Å²) >= 11 is 0. The fraction of sp³-hybridized carbons (Fsp3) is 0.419. The molecule has 5 rings (SSSR count). The van der Waals surface area contributed by atoms with Gasteiger partial charge in [0.25, 0.3) is 0 Å². The van der Waals surface area contributed by atoms with Crippen LogP contribution < -0.4 is 4.74 Å². The number of benzene rings is 3. The Hall–Kier alpha value is -2.99. The monoisotopic (exact) mass is 509 g/mol. The van der Waals surface area contributed by atoms with Gasteiger partial charge in [0.15, 0.2) is 0 Å². The highest BCUT2D eigenvalue weighted by molar-refractivity contribution is 5.49. The molecule has 0 saturated carbocycles. The summed E-state index contributed by atoms with van der Waals surface area (Å²) in [5.74, 6) is 1.08. The molecule has 1 saturated heterocycles. The van der Waals surface area contributed by atoms with Crippen LogP contribution in [0.5, 0.6) is 11.5 Å². The Morgan fingerprint density at radius 1 is 0.919 bits per heavy atom. The van der Waals surface area contributed by atoms with Gasteiger partial charge in [-0.05, 0) is 74.0 Å². The molecule has 1 N–H and O–H groups in total. The van der Waals surface area contributed by atoms with Crippen molar-refractivity contribution in [3.05, 3.63) is 95.1 Å². The van der Waals surface area contributed by atoms with E-state index in [-0.39, 0.29) is 17.3 Å². The first-order chi connectivity index (χ1) is 17.8. The van der Waals surface area contributed by atoms with Crippen LogP contribution in [0.4, 0.5) is 13.2 Å². The second kappa shape index (κ2) is 10.8. The second-order valence-corrected chi connectivity index (χ2v) is 10.4. The lowest BCUT2D eigenvalue weighted by molar-refractivity contribution is -0.138. The number of piperidine rings is 1. The number of likely N-dealkylation sites (tertiary alicyclic amines) is 1. The van der Waals surface area contributed by atoms with E-state index in [1.807, 2.05) is 18.2 Å². The molecule has 2 heterocycles. The number of alkyl halides is 3. The van der Waals surface area contributed by atoms with Crippen LogP contribution in [0.25, 0.3) is 0 Å². The van der Waals surface area contributed by atoms with Gasteiger partial charge in [-0.2, -0.15) is 13.2 Å². The Morgan fingerprint density at radius 2 is 1.70 bits per heavy atom. The number of hydrogen-bond acceptors (Lipinski definition) is 3. The van der Waals surface area contributed by atoms with Crippen molar-refractivity contribution in [2.45, 2.75) is 62.6 Å². The van der Waals surface area contributed by atoms with Gasteiger partial charge in [-0.25, -0.2) is 0 Å². The molecule has 0 spiro atoms. The number of unbranched alkanes of at least 4 members (excludes halogenated alkanes) is 2. The van der Waals surface area contributed by atoms with Crippen molar-refractivity contribution < 1.29 is 23.0 Å². The Balaban J connectivity index is 1.24. The van der Waals surface area contributed by atoms with Crippen molar-refractivity contribution >= 4 is 0 Å². The summed E-state index contributed by atoms with van der Waals surface area (Å²) in [6.45, 7) is 2.03. The topological polar surface area (TPSA) is 32.7 Å². The molecule has 196 valence electrons. The van der Waals surface area contributed by atoms with Crippen LogP contribution in [-0.2, 0) is 24.4 Å². The molecule has 1 fully saturated rings. The zero-order chi connectivity index (χ0) is 25.9. The van der Waals surface area contributed by atoms with Crippen molar-refractivity contribution in [3.63, 3.8) is 0 Å². The molecule has 37 heavy (non-hydrogen) atoms. The molecule has 0 bridgehead atoms. The van der Waals surface area contributed by atoms with E-state index in [2.05, 4.69) is 29.2 Å². The van der Waals surface area contributed by atoms with Crippen LogP contribution in [-0.4, -0.2) is 35.7 Å². The average Bonchev–Trinajstić information content (AvgIpc) is 3.20. The first kappa shape index (κ1) is 25.7. The van der Waals surface area contributed by atoms with E-state index < -0.39 is 11.7 Å². The van der Waals surface area contributed by atoms with Gasteiger partial charge in [0, 0.05) is 24.1 Å². The Kier molecular flexibility index (Phi) is 7.47. The Bertz CT molecular complexity index is 1200. The lowest BCUT2D eigenvalue weighted by Crippen LogP contribution is -2.53. The van der Waals surface area contributed by atoms with Crippen molar-refractivity contribution in [3.8, 4) is 11.5 Å². The second-order valence-electron chi connectivity index (χ2n) is 10.4.